The van der Waals surface area contributed by atoms with E-state index in [0.29, 0.717) is 22.9 Å². The van der Waals surface area contributed by atoms with Crippen LogP contribution in [0.2, 0.25) is 0 Å². The fraction of sp³-hybridized carbons (Fsp3) is 0.556. The summed E-state index contributed by atoms with van der Waals surface area (Å²) in [7, 11) is -3.32. The molecule has 0 atom stereocenters. The zero-order valence-electron chi connectivity index (χ0n) is 8.63. The van der Waals surface area contributed by atoms with E-state index in [2.05, 4.69) is 0 Å². The number of nitrogens with zero attached hydrogens (tertiary/aromatic N) is 1. The van der Waals surface area contributed by atoms with Crippen LogP contribution in [0.25, 0.3) is 0 Å². The SMILES string of the molecule is O=S(=O)(c1cc(CO)cs1)N1CCSCC1. The maximum absolute atomic E-state index is 12.2. The zero-order chi connectivity index (χ0) is 11.6. The van der Waals surface area contributed by atoms with Crippen molar-refractivity contribution in [1.82, 2.24) is 4.31 Å². The Labute approximate surface area is 103 Å². The van der Waals surface area contributed by atoms with Crippen molar-refractivity contribution >= 4 is 33.1 Å². The van der Waals surface area contributed by atoms with Gasteiger partial charge in [0.05, 0.1) is 6.61 Å². The lowest BCUT2D eigenvalue weighted by atomic mass is 10.4. The summed E-state index contributed by atoms with van der Waals surface area (Å²) in [5.74, 6) is 1.72. The minimum atomic E-state index is -3.32. The molecule has 2 heterocycles. The molecule has 0 amide bonds. The van der Waals surface area contributed by atoms with Crippen LogP contribution < -0.4 is 0 Å². The molecule has 4 nitrogen and oxygen atoms in total. The lowest BCUT2D eigenvalue weighted by Crippen LogP contribution is -2.37. The van der Waals surface area contributed by atoms with Crippen molar-refractivity contribution in [3.05, 3.63) is 17.0 Å². The van der Waals surface area contributed by atoms with Gasteiger partial charge in [-0.2, -0.15) is 16.1 Å². The third kappa shape index (κ3) is 2.43. The summed E-state index contributed by atoms with van der Waals surface area (Å²) in [5.41, 5.74) is 0.662. The van der Waals surface area contributed by atoms with Gasteiger partial charge in [0.25, 0.3) is 10.0 Å². The predicted octanol–water partition coefficient (Wildman–Crippen LogP) is 0.978. The Balaban J connectivity index is 2.23. The fourth-order valence-electron chi connectivity index (χ4n) is 1.49. The van der Waals surface area contributed by atoms with Gasteiger partial charge in [-0.1, -0.05) is 0 Å². The van der Waals surface area contributed by atoms with Crippen molar-refractivity contribution in [2.75, 3.05) is 24.6 Å². The summed E-state index contributed by atoms with van der Waals surface area (Å²) in [6.45, 7) is 1.06. The van der Waals surface area contributed by atoms with Crippen LogP contribution >= 0.6 is 23.1 Å². The molecule has 1 fully saturated rings. The van der Waals surface area contributed by atoms with Gasteiger partial charge >= 0.3 is 0 Å². The molecule has 2 rings (SSSR count). The largest absolute Gasteiger partial charge is 0.392 e. The van der Waals surface area contributed by atoms with Crippen molar-refractivity contribution in [3.63, 3.8) is 0 Å². The number of aliphatic hydroxyl groups is 1. The van der Waals surface area contributed by atoms with Crippen LogP contribution in [0.1, 0.15) is 5.56 Å². The van der Waals surface area contributed by atoms with E-state index in [1.54, 1.807) is 23.2 Å². The van der Waals surface area contributed by atoms with Gasteiger partial charge in [-0.3, -0.25) is 0 Å². The van der Waals surface area contributed by atoms with Crippen LogP contribution in [0.4, 0.5) is 0 Å². The van der Waals surface area contributed by atoms with Crippen LogP contribution in [-0.4, -0.2) is 42.4 Å². The third-order valence-electron chi connectivity index (χ3n) is 2.38. The molecule has 90 valence electrons. The van der Waals surface area contributed by atoms with Gasteiger partial charge in [-0.25, -0.2) is 8.42 Å². The molecule has 0 spiro atoms. The molecule has 16 heavy (non-hydrogen) atoms. The Kier molecular flexibility index (Phi) is 3.91. The van der Waals surface area contributed by atoms with Crippen molar-refractivity contribution < 1.29 is 13.5 Å². The van der Waals surface area contributed by atoms with E-state index in [-0.39, 0.29) is 6.61 Å². The Hall–Kier alpha value is -0.0800. The molecule has 0 aliphatic carbocycles. The standard InChI is InChI=1S/C9H13NO3S3/c11-6-8-5-9(15-7-8)16(12,13)10-1-3-14-4-2-10/h5,7,11H,1-4,6H2. The van der Waals surface area contributed by atoms with Gasteiger partial charge in [-0.15, -0.1) is 11.3 Å². The average molecular weight is 279 g/mol. The second-order valence-corrected chi connectivity index (χ2v) is 7.75. The molecule has 1 aromatic rings. The normalized spacial score (nSPS) is 18.8. The van der Waals surface area contributed by atoms with Crippen molar-refractivity contribution in [3.8, 4) is 0 Å². The number of aliphatic hydroxyl groups excluding tert-OH is 1. The molecule has 7 heteroatoms. The minimum Gasteiger partial charge on any atom is -0.392 e. The smallest absolute Gasteiger partial charge is 0.252 e. The van der Waals surface area contributed by atoms with Crippen molar-refractivity contribution in [1.29, 1.82) is 0 Å². The predicted molar refractivity (Wildman–Crippen MR) is 66.3 cm³/mol. The average Bonchev–Trinajstić information content (AvgIpc) is 2.79. The van der Waals surface area contributed by atoms with Crippen LogP contribution in [0.3, 0.4) is 0 Å². The number of hydrogen-bond acceptors (Lipinski definition) is 5. The third-order valence-corrected chi connectivity index (χ3v) is 6.68. The lowest BCUT2D eigenvalue weighted by Gasteiger charge is -2.24. The van der Waals surface area contributed by atoms with Crippen LogP contribution in [-0.2, 0) is 16.6 Å². The van der Waals surface area contributed by atoms with E-state index in [9.17, 15) is 8.42 Å². The van der Waals surface area contributed by atoms with Crippen LogP contribution in [0.15, 0.2) is 15.7 Å². The molecule has 1 aromatic heterocycles. The molecule has 0 bridgehead atoms. The molecule has 1 aliphatic heterocycles. The van der Waals surface area contributed by atoms with Gasteiger partial charge in [0.15, 0.2) is 0 Å². The molecule has 1 N–H and O–H groups in total. The maximum atomic E-state index is 12.2. The number of hydrogen-bond donors (Lipinski definition) is 1. The maximum Gasteiger partial charge on any atom is 0.252 e. The lowest BCUT2D eigenvalue weighted by molar-refractivity contribution is 0.282. The van der Waals surface area contributed by atoms with E-state index < -0.39 is 10.0 Å². The van der Waals surface area contributed by atoms with E-state index in [1.807, 2.05) is 0 Å². The van der Waals surface area contributed by atoms with Crippen LogP contribution in [0, 0.1) is 0 Å². The number of rotatable bonds is 3. The number of thioether (sulfide) groups is 1. The van der Waals surface area contributed by atoms with E-state index >= 15 is 0 Å². The van der Waals surface area contributed by atoms with Gasteiger partial charge in [0, 0.05) is 24.6 Å². The van der Waals surface area contributed by atoms with Gasteiger partial charge in [-0.05, 0) is 17.0 Å². The first-order valence-electron chi connectivity index (χ1n) is 4.91. The minimum absolute atomic E-state index is 0.109. The second kappa shape index (κ2) is 5.05. The first-order chi connectivity index (χ1) is 7.64. The molecular formula is C9H13NO3S3. The summed E-state index contributed by atoms with van der Waals surface area (Å²) < 4.78 is 26.2. The Morgan fingerprint density at radius 1 is 1.38 bits per heavy atom. The zero-order valence-corrected chi connectivity index (χ0v) is 11.1. The molecule has 1 aliphatic rings. The second-order valence-electron chi connectivity index (χ2n) is 3.45. The van der Waals surface area contributed by atoms with E-state index in [1.165, 1.54) is 15.6 Å². The highest BCUT2D eigenvalue weighted by molar-refractivity contribution is 7.99. The summed E-state index contributed by atoms with van der Waals surface area (Å²) in [5, 5.41) is 10.6. The van der Waals surface area contributed by atoms with Crippen LogP contribution in [0.5, 0.6) is 0 Å². The van der Waals surface area contributed by atoms with Gasteiger partial charge in [0.2, 0.25) is 0 Å². The highest BCUT2D eigenvalue weighted by Gasteiger charge is 2.27. The van der Waals surface area contributed by atoms with Gasteiger partial charge < -0.3 is 5.11 Å². The summed E-state index contributed by atoms with van der Waals surface area (Å²) in [6.07, 6.45) is 0. The molecule has 0 saturated carbocycles. The summed E-state index contributed by atoms with van der Waals surface area (Å²) >= 11 is 2.96. The van der Waals surface area contributed by atoms with Crippen molar-refractivity contribution in [2.45, 2.75) is 10.8 Å². The quantitative estimate of drug-likeness (QED) is 0.896. The van der Waals surface area contributed by atoms with Gasteiger partial charge in [0.1, 0.15) is 4.21 Å². The number of thiophene rings is 1. The van der Waals surface area contributed by atoms with Crippen molar-refractivity contribution in [2.24, 2.45) is 0 Å². The topological polar surface area (TPSA) is 57.6 Å². The molecule has 0 radical (unpaired) electrons. The molecular weight excluding hydrogens is 266 g/mol. The molecule has 0 unspecified atom stereocenters. The number of sulfonamides is 1. The molecule has 0 aromatic carbocycles. The first-order valence-corrected chi connectivity index (χ1v) is 8.38. The highest BCUT2D eigenvalue weighted by atomic mass is 32.2. The van der Waals surface area contributed by atoms with E-state index in [0.717, 1.165) is 11.5 Å². The monoisotopic (exact) mass is 279 g/mol. The van der Waals surface area contributed by atoms with E-state index in [4.69, 9.17) is 5.11 Å². The first kappa shape index (κ1) is 12.4. The summed E-state index contributed by atoms with van der Waals surface area (Å²) in [6, 6.07) is 1.56. The summed E-state index contributed by atoms with van der Waals surface area (Å²) in [4.78, 5) is 0. The fourth-order valence-corrected chi connectivity index (χ4v) is 5.41. The highest BCUT2D eigenvalue weighted by Crippen LogP contribution is 2.25. The Morgan fingerprint density at radius 3 is 2.62 bits per heavy atom. The molecule has 1 saturated heterocycles. The Bertz CT molecular complexity index is 448. The Morgan fingerprint density at radius 2 is 2.06 bits per heavy atom.